The van der Waals surface area contributed by atoms with Crippen molar-refractivity contribution in [1.29, 1.82) is 0 Å². The average Bonchev–Trinajstić information content (AvgIpc) is 3.52. The van der Waals surface area contributed by atoms with Crippen molar-refractivity contribution in [3.8, 4) is 0 Å². The number of aryl methyl sites for hydroxylation is 2. The van der Waals surface area contributed by atoms with Crippen LogP contribution in [0, 0.1) is 13.8 Å². The molecule has 6 atom stereocenters. The first-order chi connectivity index (χ1) is 16.5. The fourth-order valence-corrected chi connectivity index (χ4v) is 4.99. The second kappa shape index (κ2) is 9.55. The number of nitrogens with one attached hydrogen (secondary N) is 1. The Kier molecular flexibility index (Phi) is 6.50. The number of imidazole rings is 1. The van der Waals surface area contributed by atoms with Crippen LogP contribution in [0.3, 0.4) is 0 Å². The number of aliphatic hydroxyl groups excluding tert-OH is 3. The summed E-state index contributed by atoms with van der Waals surface area (Å²) in [6.07, 6.45) is 1.79. The van der Waals surface area contributed by atoms with Crippen LogP contribution in [0.5, 0.6) is 0 Å². The van der Waals surface area contributed by atoms with Gasteiger partial charge >= 0.3 is 0 Å². The molecule has 0 spiro atoms. The largest absolute Gasteiger partial charge is 0.394 e. The molecule has 1 saturated heterocycles. The van der Waals surface area contributed by atoms with Crippen LogP contribution in [-0.4, -0.2) is 71.9 Å². The summed E-state index contributed by atoms with van der Waals surface area (Å²) in [6, 6.07) is 6.36. The molecule has 3 aromatic rings. The Bertz CT molecular complexity index is 1130. The zero-order chi connectivity index (χ0) is 23.8. The van der Waals surface area contributed by atoms with Gasteiger partial charge in [-0.3, -0.25) is 4.57 Å². The molecule has 10 nitrogen and oxygen atoms in total. The third kappa shape index (κ3) is 4.16. The molecule has 0 radical (unpaired) electrons. The molecule has 0 amide bonds. The predicted molar refractivity (Wildman–Crippen MR) is 124 cm³/mol. The summed E-state index contributed by atoms with van der Waals surface area (Å²) in [6.45, 7) is 4.39. The van der Waals surface area contributed by atoms with Crippen molar-refractivity contribution >= 4 is 17.0 Å². The molecular formula is C24H31N5O5. The fraction of sp³-hybridized carbons (Fsp3) is 0.542. The number of hydrogen-bond acceptors (Lipinski definition) is 9. The smallest absolute Gasteiger partial charge is 0.167 e. The quantitative estimate of drug-likeness (QED) is 0.407. The van der Waals surface area contributed by atoms with Gasteiger partial charge in [0, 0.05) is 0 Å². The van der Waals surface area contributed by atoms with Gasteiger partial charge in [-0.2, -0.15) is 0 Å². The fourth-order valence-electron chi connectivity index (χ4n) is 4.99. The lowest BCUT2D eigenvalue weighted by Crippen LogP contribution is -2.33. The van der Waals surface area contributed by atoms with Crippen LogP contribution >= 0.6 is 0 Å². The van der Waals surface area contributed by atoms with Crippen molar-refractivity contribution in [2.75, 3.05) is 11.9 Å². The molecule has 1 aliphatic carbocycles. The standard InChI is InChI=1S/C24H31N5O5/c1-13-5-3-6-14(2)15(13)10-33-17-8-4-7-16(17)28-22-19-23(26-11-25-22)29(12-27-19)24-21(32)20(31)18(9-30)34-24/h3,5-6,11-12,16-18,20-21,24,30-32H,4,7-10H2,1-2H3,(H,25,26,28)/t16?,17-,18-,20-,21-,24-/m1/s1. The highest BCUT2D eigenvalue weighted by molar-refractivity contribution is 5.82. The molecule has 2 aliphatic rings. The van der Waals surface area contributed by atoms with E-state index in [2.05, 4.69) is 52.3 Å². The Balaban J connectivity index is 1.33. The van der Waals surface area contributed by atoms with Gasteiger partial charge in [0.1, 0.15) is 24.6 Å². The number of hydrogen-bond donors (Lipinski definition) is 4. The Morgan fingerprint density at radius 3 is 2.65 bits per heavy atom. The van der Waals surface area contributed by atoms with Gasteiger partial charge in [0.25, 0.3) is 0 Å². The lowest BCUT2D eigenvalue weighted by atomic mass is 10.0. The van der Waals surface area contributed by atoms with Gasteiger partial charge in [-0.25, -0.2) is 15.0 Å². The first-order valence-electron chi connectivity index (χ1n) is 11.7. The number of rotatable bonds is 7. The minimum Gasteiger partial charge on any atom is -0.394 e. The SMILES string of the molecule is Cc1cccc(C)c1CO[C@@H]1CCCC1Nc1ncnc2c1ncn2[C@@H]1O[C@H](CO)[C@@H](O)[C@H]1O. The van der Waals surface area contributed by atoms with Gasteiger partial charge in [-0.15, -0.1) is 0 Å². The van der Waals surface area contributed by atoms with Gasteiger partial charge in [0.2, 0.25) is 0 Å². The van der Waals surface area contributed by atoms with Gasteiger partial charge in [-0.1, -0.05) is 18.2 Å². The lowest BCUT2D eigenvalue weighted by Gasteiger charge is -2.23. The van der Waals surface area contributed by atoms with E-state index < -0.39 is 31.1 Å². The highest BCUT2D eigenvalue weighted by Crippen LogP contribution is 2.33. The topological polar surface area (TPSA) is 135 Å². The monoisotopic (exact) mass is 469 g/mol. The third-order valence-corrected chi connectivity index (χ3v) is 7.01. The molecule has 1 aromatic carbocycles. The van der Waals surface area contributed by atoms with Crippen molar-refractivity contribution < 1.29 is 24.8 Å². The minimum atomic E-state index is -1.21. The van der Waals surface area contributed by atoms with E-state index in [0.717, 1.165) is 19.3 Å². The van der Waals surface area contributed by atoms with Crippen LogP contribution in [0.15, 0.2) is 30.9 Å². The molecule has 2 fully saturated rings. The summed E-state index contributed by atoms with van der Waals surface area (Å²) in [5.41, 5.74) is 4.71. The zero-order valence-electron chi connectivity index (χ0n) is 19.3. The van der Waals surface area contributed by atoms with Gasteiger partial charge < -0.3 is 30.1 Å². The molecule has 10 heteroatoms. The normalized spacial score (nSPS) is 29.2. The van der Waals surface area contributed by atoms with Crippen LogP contribution < -0.4 is 5.32 Å². The molecule has 1 aliphatic heterocycles. The number of ether oxygens (including phenoxy) is 2. The zero-order valence-corrected chi connectivity index (χ0v) is 19.3. The van der Waals surface area contributed by atoms with Crippen molar-refractivity contribution in [2.45, 2.75) is 76.4 Å². The summed E-state index contributed by atoms with van der Waals surface area (Å²) in [7, 11) is 0. The second-order valence-corrected chi connectivity index (χ2v) is 9.18. The summed E-state index contributed by atoms with van der Waals surface area (Å²) in [4.78, 5) is 13.2. The van der Waals surface area contributed by atoms with E-state index in [1.807, 2.05) is 0 Å². The maximum Gasteiger partial charge on any atom is 0.167 e. The van der Waals surface area contributed by atoms with Crippen molar-refractivity contribution in [3.05, 3.63) is 47.5 Å². The van der Waals surface area contributed by atoms with Crippen LogP contribution in [0.2, 0.25) is 0 Å². The molecule has 34 heavy (non-hydrogen) atoms. The number of nitrogens with zero attached hydrogens (tertiary/aromatic N) is 4. The Morgan fingerprint density at radius 2 is 1.91 bits per heavy atom. The molecule has 2 aromatic heterocycles. The van der Waals surface area contributed by atoms with Gasteiger partial charge in [0.15, 0.2) is 23.2 Å². The van der Waals surface area contributed by atoms with Crippen LogP contribution in [0.4, 0.5) is 5.82 Å². The predicted octanol–water partition coefficient (Wildman–Crippen LogP) is 1.60. The average molecular weight is 470 g/mol. The first-order valence-corrected chi connectivity index (χ1v) is 11.7. The van der Waals surface area contributed by atoms with E-state index in [-0.39, 0.29) is 12.1 Å². The summed E-state index contributed by atoms with van der Waals surface area (Å²) >= 11 is 0. The van der Waals surface area contributed by atoms with E-state index in [0.29, 0.717) is 23.6 Å². The van der Waals surface area contributed by atoms with Crippen molar-refractivity contribution in [2.24, 2.45) is 0 Å². The maximum atomic E-state index is 10.4. The lowest BCUT2D eigenvalue weighted by molar-refractivity contribution is -0.0511. The van der Waals surface area contributed by atoms with E-state index >= 15 is 0 Å². The number of benzene rings is 1. The molecule has 1 saturated carbocycles. The highest BCUT2D eigenvalue weighted by Gasteiger charge is 2.44. The first kappa shape index (κ1) is 23.1. The molecule has 1 unspecified atom stereocenters. The maximum absolute atomic E-state index is 10.4. The summed E-state index contributed by atoms with van der Waals surface area (Å²) in [5.74, 6) is 0.586. The van der Waals surface area contributed by atoms with E-state index in [1.54, 1.807) is 4.57 Å². The number of fused-ring (bicyclic) bond motifs is 1. The van der Waals surface area contributed by atoms with Gasteiger partial charge in [-0.05, 0) is 49.8 Å². The molecule has 3 heterocycles. The molecule has 4 N–H and O–H groups in total. The van der Waals surface area contributed by atoms with E-state index in [9.17, 15) is 15.3 Å². The van der Waals surface area contributed by atoms with Crippen molar-refractivity contribution in [3.63, 3.8) is 0 Å². The molecule has 0 bridgehead atoms. The minimum absolute atomic E-state index is 0.0477. The van der Waals surface area contributed by atoms with Gasteiger partial charge in [0.05, 0.1) is 31.7 Å². The highest BCUT2D eigenvalue weighted by atomic mass is 16.6. The Labute approximate surface area is 197 Å². The third-order valence-electron chi connectivity index (χ3n) is 7.01. The van der Waals surface area contributed by atoms with E-state index in [1.165, 1.54) is 29.3 Å². The number of anilines is 1. The summed E-state index contributed by atoms with van der Waals surface area (Å²) < 4.78 is 13.6. The van der Waals surface area contributed by atoms with Crippen LogP contribution in [0.1, 0.15) is 42.2 Å². The van der Waals surface area contributed by atoms with Crippen LogP contribution in [-0.2, 0) is 16.1 Å². The number of aromatic nitrogens is 4. The Hall–Kier alpha value is -2.63. The number of aliphatic hydroxyl groups is 3. The van der Waals surface area contributed by atoms with Crippen molar-refractivity contribution in [1.82, 2.24) is 19.5 Å². The molecule has 182 valence electrons. The van der Waals surface area contributed by atoms with E-state index in [4.69, 9.17) is 9.47 Å². The second-order valence-electron chi connectivity index (χ2n) is 9.18. The molecule has 5 rings (SSSR count). The Morgan fingerprint density at radius 1 is 1.12 bits per heavy atom. The molecular weight excluding hydrogens is 438 g/mol. The van der Waals surface area contributed by atoms with Crippen LogP contribution in [0.25, 0.3) is 11.2 Å². The summed E-state index contributed by atoms with van der Waals surface area (Å²) in [5, 5.41) is 33.4.